The van der Waals surface area contributed by atoms with Crippen LogP contribution in [-0.4, -0.2) is 20.1 Å². The molecule has 0 aromatic heterocycles. The fourth-order valence-corrected chi connectivity index (χ4v) is 1.50. The summed E-state index contributed by atoms with van der Waals surface area (Å²) in [4.78, 5) is 0. The zero-order chi connectivity index (χ0) is 6.62. The number of hydrogen-bond acceptors (Lipinski definition) is 1. The third-order valence-electron chi connectivity index (χ3n) is 0.929. The molecular weight excluding hydrogens is 123 g/mol. The van der Waals surface area contributed by atoms with Gasteiger partial charge in [0.1, 0.15) is 0 Å². The molecule has 0 aliphatic heterocycles. The Balaban J connectivity index is 3.11. The summed E-state index contributed by atoms with van der Waals surface area (Å²) in [6.07, 6.45) is 0.621. The van der Waals surface area contributed by atoms with Gasteiger partial charge in [0.2, 0.25) is 8.41 Å². The maximum absolute atomic E-state index is 12.6. The van der Waals surface area contributed by atoms with Crippen molar-refractivity contribution in [3.63, 3.8) is 0 Å². The minimum Gasteiger partial charge on any atom is -0.396 e. The molecule has 0 spiro atoms. The molecule has 0 saturated heterocycles. The molecule has 0 rings (SSSR count). The molecule has 8 heavy (non-hydrogen) atoms. The van der Waals surface area contributed by atoms with E-state index in [-0.39, 0.29) is 6.61 Å². The van der Waals surface area contributed by atoms with Crippen LogP contribution < -0.4 is 0 Å². The van der Waals surface area contributed by atoms with E-state index in [1.165, 1.54) is 0 Å². The average molecular weight is 136 g/mol. The summed E-state index contributed by atoms with van der Waals surface area (Å²) in [6, 6.07) is 0.587. The van der Waals surface area contributed by atoms with Gasteiger partial charge in [-0.25, -0.2) is 0 Å². The first-order chi connectivity index (χ1) is 3.56. The largest absolute Gasteiger partial charge is 0.396 e. The lowest BCUT2D eigenvalue weighted by molar-refractivity contribution is 0.293. The zero-order valence-corrected chi connectivity index (χ0v) is 6.45. The molecule has 50 valence electrons. The van der Waals surface area contributed by atoms with E-state index >= 15 is 0 Å². The second-order valence-corrected chi connectivity index (χ2v) is 6.48. The lowest BCUT2D eigenvalue weighted by atomic mass is 10.5. The Morgan fingerprint density at radius 2 is 2.00 bits per heavy atom. The first-order valence-corrected chi connectivity index (χ1v) is 5.94. The number of aliphatic hydroxyl groups is 1. The second-order valence-electron chi connectivity index (χ2n) is 2.55. The molecular formula is C5H13FOSi. The van der Waals surface area contributed by atoms with Crippen molar-refractivity contribution in [1.82, 2.24) is 0 Å². The maximum Gasteiger partial charge on any atom is 0.241 e. The average Bonchev–Trinajstić information content (AvgIpc) is 1.59. The van der Waals surface area contributed by atoms with Crippen LogP contribution in [0.2, 0.25) is 19.1 Å². The van der Waals surface area contributed by atoms with Gasteiger partial charge >= 0.3 is 0 Å². The molecule has 0 atom stereocenters. The second kappa shape index (κ2) is 3.20. The highest BCUT2D eigenvalue weighted by molar-refractivity contribution is 6.70. The van der Waals surface area contributed by atoms with Crippen LogP contribution in [0.3, 0.4) is 0 Å². The van der Waals surface area contributed by atoms with Crippen LogP contribution >= 0.6 is 0 Å². The predicted octanol–water partition coefficient (Wildman–Crippen LogP) is 1.54. The van der Waals surface area contributed by atoms with E-state index in [2.05, 4.69) is 0 Å². The van der Waals surface area contributed by atoms with Gasteiger partial charge in [0.15, 0.2) is 0 Å². The van der Waals surface area contributed by atoms with Crippen LogP contribution in [0.25, 0.3) is 0 Å². The zero-order valence-electron chi connectivity index (χ0n) is 5.45. The fourth-order valence-electron chi connectivity index (χ4n) is 0.499. The minimum absolute atomic E-state index is 0.125. The third-order valence-corrected chi connectivity index (χ3v) is 2.47. The summed E-state index contributed by atoms with van der Waals surface area (Å²) in [5.74, 6) is 0. The lowest BCUT2D eigenvalue weighted by Crippen LogP contribution is -2.17. The summed E-state index contributed by atoms with van der Waals surface area (Å²) < 4.78 is 12.6. The van der Waals surface area contributed by atoms with Crippen LogP contribution in [0, 0.1) is 0 Å². The summed E-state index contributed by atoms with van der Waals surface area (Å²) in [7, 11) is -2.34. The number of aliphatic hydroxyl groups excluding tert-OH is 1. The molecule has 0 radical (unpaired) electrons. The molecule has 0 saturated carbocycles. The SMILES string of the molecule is C[Si](C)(F)CCCO. The van der Waals surface area contributed by atoms with E-state index in [1.807, 2.05) is 0 Å². The summed E-state index contributed by atoms with van der Waals surface area (Å²) >= 11 is 0. The van der Waals surface area contributed by atoms with Gasteiger partial charge in [0, 0.05) is 6.61 Å². The molecule has 0 aliphatic carbocycles. The first-order valence-electron chi connectivity index (χ1n) is 2.86. The van der Waals surface area contributed by atoms with Gasteiger partial charge in [-0.15, -0.1) is 0 Å². The molecule has 1 nitrogen and oxygen atoms in total. The van der Waals surface area contributed by atoms with E-state index in [4.69, 9.17) is 5.11 Å². The molecule has 0 bridgehead atoms. The third kappa shape index (κ3) is 6.11. The quantitative estimate of drug-likeness (QED) is 0.461. The fraction of sp³-hybridized carbons (Fsp3) is 1.00. The van der Waals surface area contributed by atoms with Crippen LogP contribution in [0.15, 0.2) is 0 Å². The lowest BCUT2D eigenvalue weighted by Gasteiger charge is -2.07. The molecule has 0 aromatic carbocycles. The standard InChI is InChI=1S/C5H13FOSi/c1-8(2,6)5-3-4-7/h7H,3-5H2,1-2H3. The van der Waals surface area contributed by atoms with Crippen molar-refractivity contribution < 1.29 is 9.21 Å². The van der Waals surface area contributed by atoms with Crippen LogP contribution in [0.4, 0.5) is 4.11 Å². The maximum atomic E-state index is 12.6. The highest BCUT2D eigenvalue weighted by atomic mass is 28.4. The number of rotatable bonds is 3. The van der Waals surface area contributed by atoms with Gasteiger partial charge < -0.3 is 9.21 Å². The molecule has 0 fully saturated rings. The van der Waals surface area contributed by atoms with Crippen molar-refractivity contribution >= 4 is 8.41 Å². The summed E-state index contributed by atoms with van der Waals surface area (Å²) in [6.45, 7) is 3.44. The summed E-state index contributed by atoms with van der Waals surface area (Å²) in [5, 5.41) is 8.29. The van der Waals surface area contributed by atoms with Crippen LogP contribution in [-0.2, 0) is 0 Å². The highest BCUT2D eigenvalue weighted by Crippen LogP contribution is 2.11. The normalized spacial score (nSPS) is 12.0. The Morgan fingerprint density at radius 3 is 2.12 bits per heavy atom. The molecule has 3 heteroatoms. The van der Waals surface area contributed by atoms with Crippen molar-refractivity contribution in [2.45, 2.75) is 25.6 Å². The van der Waals surface area contributed by atoms with Crippen molar-refractivity contribution in [2.24, 2.45) is 0 Å². The summed E-state index contributed by atoms with van der Waals surface area (Å²) in [5.41, 5.74) is 0. The van der Waals surface area contributed by atoms with Crippen LogP contribution in [0.1, 0.15) is 6.42 Å². The van der Waals surface area contributed by atoms with Gasteiger partial charge in [-0.05, 0) is 25.6 Å². The highest BCUT2D eigenvalue weighted by Gasteiger charge is 2.18. The minimum atomic E-state index is -2.34. The van der Waals surface area contributed by atoms with Gasteiger partial charge in [-0.2, -0.15) is 0 Å². The monoisotopic (exact) mass is 136 g/mol. The van der Waals surface area contributed by atoms with Crippen molar-refractivity contribution in [2.75, 3.05) is 6.61 Å². The molecule has 0 unspecified atom stereocenters. The number of halogens is 1. The number of hydrogen-bond donors (Lipinski definition) is 1. The van der Waals surface area contributed by atoms with E-state index < -0.39 is 8.41 Å². The molecule has 0 aliphatic rings. The van der Waals surface area contributed by atoms with E-state index in [9.17, 15) is 4.11 Å². The topological polar surface area (TPSA) is 20.2 Å². The van der Waals surface area contributed by atoms with Crippen molar-refractivity contribution in [3.05, 3.63) is 0 Å². The molecule has 0 amide bonds. The van der Waals surface area contributed by atoms with E-state index in [1.54, 1.807) is 13.1 Å². The molecule has 0 heterocycles. The van der Waals surface area contributed by atoms with Gasteiger partial charge in [0.25, 0.3) is 0 Å². The van der Waals surface area contributed by atoms with Gasteiger partial charge in [-0.3, -0.25) is 0 Å². The smallest absolute Gasteiger partial charge is 0.241 e. The Morgan fingerprint density at radius 1 is 1.50 bits per heavy atom. The van der Waals surface area contributed by atoms with Crippen molar-refractivity contribution in [1.29, 1.82) is 0 Å². The Kier molecular flexibility index (Phi) is 3.24. The predicted molar refractivity (Wildman–Crippen MR) is 35.1 cm³/mol. The Bertz CT molecular complexity index is 59.9. The molecule has 1 N–H and O–H groups in total. The first kappa shape index (κ1) is 8.11. The van der Waals surface area contributed by atoms with E-state index in [0.717, 1.165) is 0 Å². The van der Waals surface area contributed by atoms with Crippen molar-refractivity contribution in [3.8, 4) is 0 Å². The van der Waals surface area contributed by atoms with Gasteiger partial charge in [0.05, 0.1) is 0 Å². The Hall–Kier alpha value is 0.107. The van der Waals surface area contributed by atoms with Crippen LogP contribution in [0.5, 0.6) is 0 Å². The van der Waals surface area contributed by atoms with E-state index in [0.29, 0.717) is 12.5 Å². The van der Waals surface area contributed by atoms with Gasteiger partial charge in [-0.1, -0.05) is 0 Å². The Labute approximate surface area is 50.7 Å². The molecule has 0 aromatic rings.